The lowest BCUT2D eigenvalue weighted by atomic mass is 10.1. The molecule has 1 heterocycles. The largest absolute Gasteiger partial charge is 0.334 e. The molecule has 4 N–H and O–H groups in total. The molecule has 0 spiro atoms. The Morgan fingerprint density at radius 2 is 1.58 bits per heavy atom. The first-order valence-electron chi connectivity index (χ1n) is 9.61. The summed E-state index contributed by atoms with van der Waals surface area (Å²) in [5, 5.41) is 7.37. The van der Waals surface area contributed by atoms with Gasteiger partial charge < -0.3 is 16.4 Å². The molecule has 0 atom stereocenters. The summed E-state index contributed by atoms with van der Waals surface area (Å²) < 4.78 is 25.4. The van der Waals surface area contributed by atoms with Crippen LogP contribution in [0.5, 0.6) is 0 Å². The van der Waals surface area contributed by atoms with Crippen molar-refractivity contribution in [2.45, 2.75) is 13.1 Å². The van der Waals surface area contributed by atoms with Gasteiger partial charge >= 0.3 is 6.03 Å². The molecule has 5 nitrogen and oxygen atoms in total. The highest BCUT2D eigenvalue weighted by Gasteiger charge is 2.05. The normalized spacial score (nSPS) is 10.2. The van der Waals surface area contributed by atoms with Crippen LogP contribution in [0.2, 0.25) is 0 Å². The lowest BCUT2D eigenvalue weighted by Gasteiger charge is -2.10. The summed E-state index contributed by atoms with van der Waals surface area (Å²) in [7, 11) is 0. The number of benzene rings is 3. The zero-order chi connectivity index (χ0) is 22.1. The molecule has 0 aliphatic rings. The number of halogens is 2. The highest BCUT2D eigenvalue weighted by Crippen LogP contribution is 2.21. The lowest BCUT2D eigenvalue weighted by molar-refractivity contribution is 0.251. The molecule has 4 rings (SSSR count). The highest BCUT2D eigenvalue weighted by molar-refractivity contribution is 6.01. The molecule has 4 aromatic rings. The molecule has 0 fully saturated rings. The first kappa shape index (κ1) is 21.9. The molecule has 1 aromatic heterocycles. The summed E-state index contributed by atoms with van der Waals surface area (Å²) in [5.41, 5.74) is 7.49. The summed E-state index contributed by atoms with van der Waals surface area (Å²) in [5.74, 6) is -0.542. The molecular formula is C24H22F2N4O. The molecule has 158 valence electrons. The molecular weight excluding hydrogens is 398 g/mol. The minimum absolute atomic E-state index is 0.224. The van der Waals surface area contributed by atoms with E-state index in [-0.39, 0.29) is 24.2 Å². The average Bonchev–Trinajstić information content (AvgIpc) is 2.78. The van der Waals surface area contributed by atoms with Crippen LogP contribution in [-0.2, 0) is 13.1 Å². The van der Waals surface area contributed by atoms with E-state index in [0.29, 0.717) is 17.8 Å². The van der Waals surface area contributed by atoms with Gasteiger partial charge in [0, 0.05) is 36.3 Å². The molecule has 31 heavy (non-hydrogen) atoms. The van der Waals surface area contributed by atoms with Gasteiger partial charge in [0.15, 0.2) is 0 Å². The second kappa shape index (κ2) is 10.8. The van der Waals surface area contributed by atoms with Gasteiger partial charge in [-0.25, -0.2) is 13.6 Å². The minimum atomic E-state index is -0.339. The van der Waals surface area contributed by atoms with Gasteiger partial charge in [0.2, 0.25) is 0 Å². The van der Waals surface area contributed by atoms with Gasteiger partial charge in [-0.2, -0.15) is 0 Å². The van der Waals surface area contributed by atoms with Crippen molar-refractivity contribution in [3.8, 4) is 0 Å². The number of pyridine rings is 1. The van der Waals surface area contributed by atoms with Crippen LogP contribution in [0, 0.1) is 11.6 Å². The number of nitrogens with one attached hydrogen (secondary N) is 2. The Bertz CT molecular complexity index is 1160. The van der Waals surface area contributed by atoms with Crippen LogP contribution >= 0.6 is 0 Å². The maximum atomic E-state index is 13.1. The fourth-order valence-corrected chi connectivity index (χ4v) is 2.89. The number of nitrogens with two attached hydrogens (primary N) is 1. The fraction of sp³-hybridized carbons (Fsp3) is 0.0833. The Kier molecular flexibility index (Phi) is 7.61. The summed E-state index contributed by atoms with van der Waals surface area (Å²) in [6.07, 6.45) is 3.42. The number of nitrogens with zero attached hydrogens (tertiary/aromatic N) is 1. The third kappa shape index (κ3) is 6.58. The maximum absolute atomic E-state index is 13.1. The molecule has 0 aliphatic heterocycles. The zero-order valence-corrected chi connectivity index (χ0v) is 16.7. The van der Waals surface area contributed by atoms with Crippen LogP contribution in [0.15, 0.2) is 85.2 Å². The number of anilines is 1. The number of urea groups is 1. The van der Waals surface area contributed by atoms with Gasteiger partial charge in [-0.3, -0.25) is 4.98 Å². The van der Waals surface area contributed by atoms with Gasteiger partial charge in [0.25, 0.3) is 0 Å². The van der Waals surface area contributed by atoms with Gasteiger partial charge in [0.1, 0.15) is 11.6 Å². The third-order valence-corrected chi connectivity index (χ3v) is 4.40. The summed E-state index contributed by atoms with van der Waals surface area (Å²) in [6.45, 7) is 0.660. The molecule has 3 aromatic carbocycles. The van der Waals surface area contributed by atoms with Crippen molar-refractivity contribution >= 4 is 22.5 Å². The molecule has 0 saturated heterocycles. The van der Waals surface area contributed by atoms with Crippen LogP contribution in [0.4, 0.5) is 19.3 Å². The van der Waals surface area contributed by atoms with E-state index in [4.69, 9.17) is 5.73 Å². The van der Waals surface area contributed by atoms with E-state index in [2.05, 4.69) is 15.6 Å². The van der Waals surface area contributed by atoms with Crippen molar-refractivity contribution in [2.24, 2.45) is 5.73 Å². The number of hydrogen-bond acceptors (Lipinski definition) is 3. The summed E-state index contributed by atoms with van der Waals surface area (Å²) >= 11 is 0. The number of carbonyl (C=O) groups excluding carboxylic acids is 1. The van der Waals surface area contributed by atoms with Crippen LogP contribution in [0.25, 0.3) is 10.8 Å². The second-order valence-corrected chi connectivity index (χ2v) is 6.67. The first-order chi connectivity index (χ1) is 15.0. The minimum Gasteiger partial charge on any atom is -0.334 e. The molecule has 0 radical (unpaired) electrons. The van der Waals surface area contributed by atoms with Crippen LogP contribution in [0.3, 0.4) is 0 Å². The first-order valence-corrected chi connectivity index (χ1v) is 9.61. The highest BCUT2D eigenvalue weighted by atomic mass is 19.1. The number of aromatic nitrogens is 1. The molecule has 0 unspecified atom stereocenters. The van der Waals surface area contributed by atoms with E-state index in [1.54, 1.807) is 36.7 Å². The quantitative estimate of drug-likeness (QED) is 0.436. The van der Waals surface area contributed by atoms with Crippen molar-refractivity contribution in [2.75, 3.05) is 5.32 Å². The standard InChI is InChI=1S/C17H14FN3O.C7H8FN/c18-14-5-1-3-12(9-14)10-20-17(22)21-16-6-2-4-13-11-19-8-7-15(13)16;8-7-3-1-2-6(4-7)5-9/h1-9,11H,10H2,(H2,20,21,22);1-4H,5,9H2. The lowest BCUT2D eigenvalue weighted by Crippen LogP contribution is -2.28. The second-order valence-electron chi connectivity index (χ2n) is 6.67. The number of amides is 2. The summed E-state index contributed by atoms with van der Waals surface area (Å²) in [6, 6.07) is 19.5. The molecule has 0 bridgehead atoms. The van der Waals surface area contributed by atoms with Crippen LogP contribution in [-0.4, -0.2) is 11.0 Å². The van der Waals surface area contributed by atoms with E-state index in [1.807, 2.05) is 24.3 Å². The van der Waals surface area contributed by atoms with E-state index in [1.165, 1.54) is 24.3 Å². The molecule has 2 amide bonds. The number of rotatable bonds is 4. The van der Waals surface area contributed by atoms with E-state index < -0.39 is 0 Å². The number of hydrogen-bond donors (Lipinski definition) is 3. The zero-order valence-electron chi connectivity index (χ0n) is 16.7. The fourth-order valence-electron chi connectivity index (χ4n) is 2.89. The van der Waals surface area contributed by atoms with Crippen LogP contribution in [0.1, 0.15) is 11.1 Å². The topological polar surface area (TPSA) is 80.0 Å². The molecule has 7 heteroatoms. The number of fused-ring (bicyclic) bond motifs is 1. The van der Waals surface area contributed by atoms with Crippen molar-refractivity contribution in [1.82, 2.24) is 10.3 Å². The van der Waals surface area contributed by atoms with Crippen molar-refractivity contribution in [3.05, 3.63) is 108 Å². The van der Waals surface area contributed by atoms with Gasteiger partial charge in [-0.05, 0) is 47.5 Å². The van der Waals surface area contributed by atoms with Crippen molar-refractivity contribution in [1.29, 1.82) is 0 Å². The third-order valence-electron chi connectivity index (χ3n) is 4.40. The van der Waals surface area contributed by atoms with Gasteiger partial charge in [-0.1, -0.05) is 36.4 Å². The molecule has 0 saturated carbocycles. The average molecular weight is 420 g/mol. The van der Waals surface area contributed by atoms with Crippen LogP contribution < -0.4 is 16.4 Å². The van der Waals surface area contributed by atoms with E-state index in [9.17, 15) is 13.6 Å². The number of carbonyl (C=O) groups is 1. The van der Waals surface area contributed by atoms with Gasteiger partial charge in [-0.15, -0.1) is 0 Å². The SMILES string of the molecule is NCc1cccc(F)c1.O=C(NCc1cccc(F)c1)Nc1cccc2cnccc12. The predicted molar refractivity (Wildman–Crippen MR) is 118 cm³/mol. The Balaban J connectivity index is 0.000000254. The molecule has 0 aliphatic carbocycles. The maximum Gasteiger partial charge on any atom is 0.319 e. The van der Waals surface area contributed by atoms with E-state index in [0.717, 1.165) is 16.3 Å². The smallest absolute Gasteiger partial charge is 0.319 e. The Morgan fingerprint density at radius 3 is 2.26 bits per heavy atom. The van der Waals surface area contributed by atoms with Crippen molar-refractivity contribution < 1.29 is 13.6 Å². The van der Waals surface area contributed by atoms with Crippen molar-refractivity contribution in [3.63, 3.8) is 0 Å². The summed E-state index contributed by atoms with van der Waals surface area (Å²) in [4.78, 5) is 16.0. The monoisotopic (exact) mass is 420 g/mol. The Hall–Kier alpha value is -3.84. The predicted octanol–water partition coefficient (Wildman–Crippen LogP) is 4.98. The van der Waals surface area contributed by atoms with E-state index >= 15 is 0 Å². The van der Waals surface area contributed by atoms with Gasteiger partial charge in [0.05, 0.1) is 5.69 Å². The Labute approximate surface area is 178 Å². The Morgan fingerprint density at radius 1 is 0.903 bits per heavy atom.